The Morgan fingerprint density at radius 1 is 1.00 bits per heavy atom. The number of hydrogen-bond acceptors (Lipinski definition) is 4. The number of benzene rings is 2. The summed E-state index contributed by atoms with van der Waals surface area (Å²) in [6, 6.07) is 13.6. The minimum Gasteiger partial charge on any atom is -0.324 e. The van der Waals surface area contributed by atoms with Crippen LogP contribution in [0.4, 0.5) is 11.4 Å². The first-order chi connectivity index (χ1) is 9.94. The van der Waals surface area contributed by atoms with Crippen molar-refractivity contribution in [3.63, 3.8) is 0 Å². The smallest absolute Gasteiger partial charge is 0.261 e. The van der Waals surface area contributed by atoms with E-state index in [9.17, 15) is 8.42 Å². The number of hydrogen-bond donors (Lipinski definition) is 3. The predicted molar refractivity (Wildman–Crippen MR) is 85.6 cm³/mol. The van der Waals surface area contributed by atoms with Crippen molar-refractivity contribution in [1.29, 1.82) is 0 Å². The Bertz CT molecular complexity index is 710. The number of anilines is 2. The third kappa shape index (κ3) is 3.53. The zero-order valence-corrected chi connectivity index (χ0v) is 12.8. The first-order valence-corrected chi connectivity index (χ1v) is 8.11. The topological polar surface area (TPSA) is 84.2 Å². The lowest BCUT2D eigenvalue weighted by atomic mass is 10.0. The number of nitrogen functional groups attached to an aromatic ring is 1. The fourth-order valence-corrected chi connectivity index (χ4v) is 3.12. The lowest BCUT2D eigenvalue weighted by Crippen LogP contribution is -2.15. The number of nitrogens with one attached hydrogen (secondary N) is 2. The molecule has 2 aromatic carbocycles. The first-order valence-electron chi connectivity index (χ1n) is 6.62. The number of hydrazine groups is 1. The van der Waals surface area contributed by atoms with E-state index >= 15 is 0 Å². The second-order valence-corrected chi connectivity index (χ2v) is 6.70. The van der Waals surface area contributed by atoms with Crippen LogP contribution < -0.4 is 16.0 Å². The molecule has 0 fully saturated rings. The van der Waals surface area contributed by atoms with Gasteiger partial charge in [-0.2, -0.15) is 0 Å². The molecule has 0 amide bonds. The van der Waals surface area contributed by atoms with Gasteiger partial charge in [0.05, 0.1) is 10.6 Å². The van der Waals surface area contributed by atoms with Gasteiger partial charge in [0.2, 0.25) is 0 Å². The van der Waals surface area contributed by atoms with Gasteiger partial charge in [0.1, 0.15) is 0 Å². The summed E-state index contributed by atoms with van der Waals surface area (Å²) >= 11 is 0. The summed E-state index contributed by atoms with van der Waals surface area (Å²) in [4.78, 5) is 0.194. The molecule has 5 nitrogen and oxygen atoms in total. The number of nitrogens with two attached hydrogens (primary N) is 1. The molecule has 0 heterocycles. The van der Waals surface area contributed by atoms with E-state index in [2.05, 4.69) is 10.1 Å². The van der Waals surface area contributed by atoms with E-state index in [1.165, 1.54) is 12.1 Å². The summed E-state index contributed by atoms with van der Waals surface area (Å²) in [5.41, 5.74) is 4.68. The van der Waals surface area contributed by atoms with Crippen LogP contribution >= 0.6 is 0 Å². The average molecular weight is 305 g/mol. The van der Waals surface area contributed by atoms with Crippen molar-refractivity contribution >= 4 is 21.4 Å². The first kappa shape index (κ1) is 15.3. The molecule has 0 aliphatic rings. The van der Waals surface area contributed by atoms with Crippen molar-refractivity contribution in [3.05, 3.63) is 54.1 Å². The van der Waals surface area contributed by atoms with Crippen LogP contribution in [0.5, 0.6) is 0 Å². The summed E-state index contributed by atoms with van der Waals surface area (Å²) in [5.74, 6) is 5.50. The van der Waals surface area contributed by atoms with E-state index < -0.39 is 10.0 Å². The molecule has 0 aliphatic carbocycles. The Morgan fingerprint density at radius 3 is 2.19 bits per heavy atom. The Hall–Kier alpha value is -2.05. The van der Waals surface area contributed by atoms with Gasteiger partial charge >= 0.3 is 0 Å². The molecule has 0 radical (unpaired) electrons. The highest BCUT2D eigenvalue weighted by molar-refractivity contribution is 7.92. The minimum absolute atomic E-state index is 0.194. The van der Waals surface area contributed by atoms with E-state index in [1.54, 1.807) is 18.2 Å². The Kier molecular flexibility index (Phi) is 4.50. The van der Waals surface area contributed by atoms with Crippen molar-refractivity contribution in [2.45, 2.75) is 24.7 Å². The van der Waals surface area contributed by atoms with Gasteiger partial charge < -0.3 is 5.43 Å². The van der Waals surface area contributed by atoms with E-state index in [0.29, 0.717) is 11.4 Å². The summed E-state index contributed by atoms with van der Waals surface area (Å²) < 4.78 is 27.5. The molecule has 0 aliphatic heterocycles. The largest absolute Gasteiger partial charge is 0.324 e. The van der Waals surface area contributed by atoms with E-state index in [4.69, 9.17) is 5.84 Å². The molecule has 2 rings (SSSR count). The van der Waals surface area contributed by atoms with Crippen LogP contribution in [0, 0.1) is 0 Å². The SMILES string of the molecule is CC(C)c1ccccc1NS(=O)(=O)c1ccc(NN)cc1. The summed E-state index contributed by atoms with van der Waals surface area (Å²) in [6.07, 6.45) is 0. The molecule has 0 aromatic heterocycles. The van der Waals surface area contributed by atoms with Gasteiger partial charge in [-0.25, -0.2) is 8.42 Å². The van der Waals surface area contributed by atoms with Crippen molar-refractivity contribution in [2.24, 2.45) is 5.84 Å². The molecular weight excluding hydrogens is 286 g/mol. The molecule has 112 valence electrons. The fourth-order valence-electron chi connectivity index (χ4n) is 2.03. The van der Waals surface area contributed by atoms with Gasteiger partial charge in [0.25, 0.3) is 10.0 Å². The highest BCUT2D eigenvalue weighted by Gasteiger charge is 2.16. The van der Waals surface area contributed by atoms with Crippen LogP contribution in [0.25, 0.3) is 0 Å². The van der Waals surface area contributed by atoms with Crippen LogP contribution in [0.3, 0.4) is 0 Å². The van der Waals surface area contributed by atoms with Crippen LogP contribution in [0.2, 0.25) is 0 Å². The molecule has 6 heteroatoms. The zero-order chi connectivity index (χ0) is 15.5. The van der Waals surface area contributed by atoms with E-state index in [-0.39, 0.29) is 10.8 Å². The number of sulfonamides is 1. The molecular formula is C15H19N3O2S. The number of rotatable bonds is 5. The molecule has 0 unspecified atom stereocenters. The molecule has 0 saturated heterocycles. The average Bonchev–Trinajstić information content (AvgIpc) is 2.47. The lowest BCUT2D eigenvalue weighted by Gasteiger charge is -2.15. The summed E-state index contributed by atoms with van der Waals surface area (Å²) in [5, 5.41) is 0. The molecule has 0 saturated carbocycles. The van der Waals surface area contributed by atoms with Crippen molar-refractivity contribution < 1.29 is 8.42 Å². The molecule has 0 spiro atoms. The van der Waals surface area contributed by atoms with Crippen molar-refractivity contribution in [1.82, 2.24) is 0 Å². The van der Waals surface area contributed by atoms with Gasteiger partial charge in [0.15, 0.2) is 0 Å². The van der Waals surface area contributed by atoms with Gasteiger partial charge in [-0.05, 0) is 41.8 Å². The van der Waals surface area contributed by atoms with Crippen molar-refractivity contribution in [3.8, 4) is 0 Å². The summed E-state index contributed by atoms with van der Waals surface area (Å²) in [6.45, 7) is 4.05. The second-order valence-electron chi connectivity index (χ2n) is 5.02. The quantitative estimate of drug-likeness (QED) is 0.586. The Labute approximate surface area is 125 Å². The van der Waals surface area contributed by atoms with Gasteiger partial charge in [-0.1, -0.05) is 32.0 Å². The standard InChI is InChI=1S/C15H19N3O2S/c1-11(2)14-5-3-4-6-15(14)18-21(19,20)13-9-7-12(17-16)8-10-13/h3-11,17-18H,16H2,1-2H3. The van der Waals surface area contributed by atoms with Crippen LogP contribution in [-0.4, -0.2) is 8.42 Å². The third-order valence-electron chi connectivity index (χ3n) is 3.16. The molecule has 21 heavy (non-hydrogen) atoms. The van der Waals surface area contributed by atoms with Gasteiger partial charge in [-0.15, -0.1) is 0 Å². The zero-order valence-electron chi connectivity index (χ0n) is 12.0. The maximum Gasteiger partial charge on any atom is 0.261 e. The van der Waals surface area contributed by atoms with Gasteiger partial charge in [-0.3, -0.25) is 10.6 Å². The van der Waals surface area contributed by atoms with Crippen LogP contribution in [0.15, 0.2) is 53.4 Å². The summed E-state index contributed by atoms with van der Waals surface area (Å²) in [7, 11) is -3.61. The van der Waals surface area contributed by atoms with Gasteiger partial charge in [0, 0.05) is 5.69 Å². The predicted octanol–water partition coefficient (Wildman–Crippen LogP) is 2.90. The molecule has 0 atom stereocenters. The lowest BCUT2D eigenvalue weighted by molar-refractivity contribution is 0.601. The molecule has 4 N–H and O–H groups in total. The maximum atomic E-state index is 12.4. The highest BCUT2D eigenvalue weighted by atomic mass is 32.2. The normalized spacial score (nSPS) is 11.4. The van der Waals surface area contributed by atoms with Crippen molar-refractivity contribution in [2.75, 3.05) is 10.1 Å². The Balaban J connectivity index is 2.33. The number of para-hydroxylation sites is 1. The van der Waals surface area contributed by atoms with E-state index in [0.717, 1.165) is 5.56 Å². The van der Waals surface area contributed by atoms with E-state index in [1.807, 2.05) is 32.0 Å². The maximum absolute atomic E-state index is 12.4. The molecule has 0 bridgehead atoms. The molecule has 2 aromatic rings. The Morgan fingerprint density at radius 2 is 1.62 bits per heavy atom. The third-order valence-corrected chi connectivity index (χ3v) is 4.54. The second kappa shape index (κ2) is 6.15. The fraction of sp³-hybridized carbons (Fsp3) is 0.200. The van der Waals surface area contributed by atoms with Crippen LogP contribution in [-0.2, 0) is 10.0 Å². The monoisotopic (exact) mass is 305 g/mol. The minimum atomic E-state index is -3.61. The highest BCUT2D eigenvalue weighted by Crippen LogP contribution is 2.26. The van der Waals surface area contributed by atoms with Crippen LogP contribution in [0.1, 0.15) is 25.3 Å².